The van der Waals surface area contributed by atoms with Gasteiger partial charge in [0.2, 0.25) is 11.6 Å². The largest absolute Gasteiger partial charge is 0.691 e. The molecule has 1 aromatic rings. The highest BCUT2D eigenvalue weighted by atomic mass is 32.2. The number of unbranched alkanes of at least 4 members (excludes halogenated alkanes) is 4. The Bertz CT molecular complexity index is 2090. The zero-order chi connectivity index (χ0) is 75.2. The molecule has 0 fully saturated rings. The van der Waals surface area contributed by atoms with E-state index >= 15 is 0 Å². The highest BCUT2D eigenvalue weighted by Crippen LogP contribution is 2.45. The molecule has 616 valence electrons. The van der Waals surface area contributed by atoms with Crippen LogP contribution in [0.1, 0.15) is 77.2 Å². The van der Waals surface area contributed by atoms with Crippen LogP contribution in [0.4, 0.5) is 5.69 Å². The number of benzene rings is 1. The van der Waals surface area contributed by atoms with Gasteiger partial charge in [0, 0.05) is 56.4 Å². The van der Waals surface area contributed by atoms with Crippen LogP contribution in [0.15, 0.2) is 23.1 Å². The number of carbonyl (C=O) groups excluding carboxylic acids is 2. The Morgan fingerprint density at radius 1 is 0.381 bits per heavy atom. The van der Waals surface area contributed by atoms with Crippen molar-refractivity contribution in [3.05, 3.63) is 23.8 Å². The Hall–Kier alpha value is -2.90. The summed E-state index contributed by atoms with van der Waals surface area (Å²) >= 11 is 0.888. The van der Waals surface area contributed by atoms with Crippen LogP contribution in [0.2, 0.25) is 0 Å². The van der Waals surface area contributed by atoms with E-state index in [1.54, 1.807) is 7.11 Å². The predicted molar refractivity (Wildman–Crippen MR) is 385 cm³/mol. The fourth-order valence-corrected chi connectivity index (χ4v) is 10.2. The highest BCUT2D eigenvalue weighted by molar-refractivity contribution is 7.94. The molecular weight excluding hydrogens is 1400 g/mol. The van der Waals surface area contributed by atoms with Gasteiger partial charge in [-0.25, -0.2) is 0 Å². The lowest BCUT2D eigenvalue weighted by atomic mass is 9.76. The fraction of sp³-hybridized carbons (Fsp3) is 0.875. The monoisotopic (exact) mass is 1540 g/mol. The van der Waals surface area contributed by atoms with Crippen molar-refractivity contribution in [2.24, 2.45) is 0 Å². The number of nitrogens with one attached hydrogen (secondary N) is 1. The van der Waals surface area contributed by atoms with E-state index < -0.39 is 0 Å². The molecule has 0 saturated carbocycles. The molecule has 1 aromatic carbocycles. The third kappa shape index (κ3) is 61.5. The number of nitrogens with zero attached hydrogens (tertiary/aromatic N) is 1. The summed E-state index contributed by atoms with van der Waals surface area (Å²) in [5.41, 5.74) is 3.34. The van der Waals surface area contributed by atoms with Gasteiger partial charge in [0.1, 0.15) is 6.54 Å². The van der Waals surface area contributed by atoms with Crippen molar-refractivity contribution < 1.29 is 147 Å². The van der Waals surface area contributed by atoms with Gasteiger partial charge < -0.3 is 129 Å². The second-order valence-electron chi connectivity index (χ2n) is 23.3. The summed E-state index contributed by atoms with van der Waals surface area (Å²) < 4.78 is 144. The molecule has 0 spiro atoms. The van der Waals surface area contributed by atoms with E-state index in [0.717, 1.165) is 74.1 Å². The molecule has 105 heavy (non-hydrogen) atoms. The molecule has 1 unspecified atom stereocenters. The first-order chi connectivity index (χ1) is 51.9. The second kappa shape index (κ2) is 77.8. The minimum absolute atomic E-state index is 0.0103. The van der Waals surface area contributed by atoms with Gasteiger partial charge in [-0.2, -0.15) is 8.91 Å². The van der Waals surface area contributed by atoms with E-state index in [0.29, 0.717) is 330 Å². The number of amides is 1. The quantitative estimate of drug-likeness (QED) is 0.0239. The van der Waals surface area contributed by atoms with Crippen LogP contribution in [-0.4, -0.2) is 360 Å². The van der Waals surface area contributed by atoms with Crippen molar-refractivity contribution in [3.8, 4) is 0 Å². The van der Waals surface area contributed by atoms with Gasteiger partial charge in [-0.3, -0.25) is 14.6 Å². The first kappa shape index (κ1) is 98.2. The molecular formula is C72H132N2O30S. The van der Waals surface area contributed by atoms with Gasteiger partial charge in [-0.1, -0.05) is 12.8 Å². The number of fused-ring (bicyclic) bond motifs is 1. The summed E-state index contributed by atoms with van der Waals surface area (Å²) in [7, 11) is 3.06. The molecule has 0 saturated heterocycles. The summed E-state index contributed by atoms with van der Waals surface area (Å²) in [5.74, 6) is -0.178. The topological polar surface area (TPSA) is 321 Å². The minimum Gasteiger partial charge on any atom is -0.691 e. The molecule has 0 radical (unpaired) electrons. The average Bonchev–Trinajstić information content (AvgIpc) is 1.59. The van der Waals surface area contributed by atoms with Crippen molar-refractivity contribution in [2.45, 2.75) is 81.9 Å². The number of hydrogen-bond acceptors (Lipinski definition) is 31. The summed E-state index contributed by atoms with van der Waals surface area (Å²) in [5, 5.41) is 17.0. The van der Waals surface area contributed by atoms with Gasteiger partial charge in [0.05, 0.1) is 335 Å². The van der Waals surface area contributed by atoms with E-state index in [1.165, 1.54) is 18.4 Å². The average molecular weight is 1540 g/mol. The van der Waals surface area contributed by atoms with E-state index in [1.807, 2.05) is 6.07 Å². The number of esters is 1. The third-order valence-electron chi connectivity index (χ3n) is 15.5. The van der Waals surface area contributed by atoms with Crippen LogP contribution in [0, 0.1) is 0 Å². The molecule has 0 aromatic heterocycles. The molecule has 33 heteroatoms. The highest BCUT2D eigenvalue weighted by Gasteiger charge is 2.46. The van der Waals surface area contributed by atoms with E-state index in [2.05, 4.69) is 45.2 Å². The first-order valence-corrected chi connectivity index (χ1v) is 38.1. The molecule has 1 N–H and O–H groups in total. The molecule has 1 heterocycles. The fourth-order valence-electron chi connectivity index (χ4n) is 9.77. The van der Waals surface area contributed by atoms with Gasteiger partial charge in [-0.05, 0) is 44.7 Å². The lowest BCUT2D eigenvalue weighted by Gasteiger charge is -2.22. The Kier molecular flexibility index (Phi) is 72.8. The maximum atomic E-state index is 12.5. The zero-order valence-electron chi connectivity index (χ0n) is 63.8. The van der Waals surface area contributed by atoms with Crippen molar-refractivity contribution in [1.82, 2.24) is 5.32 Å². The molecule has 0 aliphatic carbocycles. The number of carbonyl (C=O) groups is 2. The first-order valence-electron chi connectivity index (χ1n) is 37.4. The van der Waals surface area contributed by atoms with Gasteiger partial charge in [0.15, 0.2) is 5.71 Å². The Morgan fingerprint density at radius 3 is 0.962 bits per heavy atom. The summed E-state index contributed by atoms with van der Waals surface area (Å²) in [6.07, 6.45) is 7.04. The maximum Gasteiger partial charge on any atom is 0.305 e. The molecule has 1 aliphatic rings. The van der Waals surface area contributed by atoms with Gasteiger partial charge in [-0.15, -0.1) is 0 Å². The maximum absolute atomic E-state index is 12.5. The van der Waals surface area contributed by atoms with Crippen LogP contribution < -0.4 is 10.6 Å². The molecule has 1 atom stereocenters. The Balaban J connectivity index is 1.17. The Labute approximate surface area is 629 Å². The van der Waals surface area contributed by atoms with Crippen LogP contribution in [-0.2, 0) is 143 Å². The normalized spacial score (nSPS) is 13.6. The predicted octanol–water partition coefficient (Wildman–Crippen LogP) is 4.12. The number of methoxy groups -OCH3 is 2. The number of hydrogen-bond donors (Lipinski definition) is 1. The number of ether oxygens (including phenoxy) is 25. The van der Waals surface area contributed by atoms with Crippen LogP contribution in [0.3, 0.4) is 0 Å². The van der Waals surface area contributed by atoms with Crippen molar-refractivity contribution >= 4 is 35.3 Å². The smallest absolute Gasteiger partial charge is 0.305 e. The van der Waals surface area contributed by atoms with Crippen molar-refractivity contribution in [3.63, 3.8) is 0 Å². The summed E-state index contributed by atoms with van der Waals surface area (Å²) in [6.45, 7) is 28.4. The van der Waals surface area contributed by atoms with Gasteiger partial charge >= 0.3 is 5.97 Å². The standard InChI is InChI=1S/C72H132N2O30S/c1-66-72(2,15-9-5-8-12-71(76)79-4)68-65-67(105-104-103-77)13-14-69(68)74(66)17-10-6-7-11-70(75)73-16-18-80-21-22-82-25-26-84-29-30-86-33-34-88-37-38-90-41-42-92-45-46-94-49-50-96-53-54-98-57-58-100-61-62-102-64-63-101-60-59-99-56-55-97-52-51-95-48-47-93-44-43-91-40-39-89-36-35-87-32-31-85-28-27-83-24-23-81-20-19-78-3/h13-14,65H,5-12,15-64H2,1-4H3,(H-,73,75,77). The molecule has 1 aliphatic heterocycles. The van der Waals surface area contributed by atoms with Crippen LogP contribution >= 0.6 is 12.0 Å². The van der Waals surface area contributed by atoms with Crippen molar-refractivity contribution in [2.75, 3.05) is 338 Å². The van der Waals surface area contributed by atoms with E-state index in [4.69, 9.17) is 118 Å². The SMILES string of the molecule is COCCOCCOCCOCCOCCOCCOCCOCCOCCOCCOCCOCCOCCOCCOCCOCCOCCOCCOCCOCCOCCOCCOCCOCCNC(=O)CCCCC[N+]1=C(C)C(C)(CCCCCC(=O)OC)c2cc(SOO[O-])ccc21. The molecule has 32 nitrogen and oxygen atoms in total. The summed E-state index contributed by atoms with van der Waals surface area (Å²) in [6, 6.07) is 6.05. The minimum atomic E-state index is -0.220. The zero-order valence-corrected chi connectivity index (χ0v) is 64.7. The lowest BCUT2D eigenvalue weighted by Crippen LogP contribution is -2.30. The van der Waals surface area contributed by atoms with Crippen molar-refractivity contribution in [1.29, 1.82) is 0 Å². The van der Waals surface area contributed by atoms with Gasteiger partial charge in [0.25, 0.3) is 0 Å². The second-order valence-corrected chi connectivity index (χ2v) is 24.1. The van der Waals surface area contributed by atoms with E-state index in [-0.39, 0.29) is 17.3 Å². The third-order valence-corrected chi connectivity index (χ3v) is 16.0. The molecule has 1 amide bonds. The number of rotatable bonds is 87. The van der Waals surface area contributed by atoms with Crippen LogP contribution in [0.5, 0.6) is 0 Å². The van der Waals surface area contributed by atoms with E-state index in [9.17, 15) is 14.8 Å². The summed E-state index contributed by atoms with van der Waals surface area (Å²) in [4.78, 5) is 24.9. The Morgan fingerprint density at radius 2 is 0.667 bits per heavy atom. The molecule has 0 bridgehead atoms. The lowest BCUT2D eigenvalue weighted by molar-refractivity contribution is -0.777. The van der Waals surface area contributed by atoms with Crippen LogP contribution in [0.25, 0.3) is 0 Å². The molecule has 2 rings (SSSR count).